The van der Waals surface area contributed by atoms with Gasteiger partial charge in [0.1, 0.15) is 13.2 Å². The summed E-state index contributed by atoms with van der Waals surface area (Å²) in [7, 11) is 1.76. The number of aromatic nitrogens is 2. The van der Waals surface area contributed by atoms with Crippen LogP contribution in [0.15, 0.2) is 47.8 Å². The van der Waals surface area contributed by atoms with E-state index >= 15 is 0 Å². The predicted molar refractivity (Wildman–Crippen MR) is 123 cm³/mol. The van der Waals surface area contributed by atoms with Crippen LogP contribution in [0.4, 0.5) is 5.69 Å². The van der Waals surface area contributed by atoms with Crippen LogP contribution >= 0.6 is 11.8 Å². The number of amides is 1. The Morgan fingerprint density at radius 1 is 1.12 bits per heavy atom. The number of benzene rings is 2. The monoisotopic (exact) mass is 449 g/mol. The summed E-state index contributed by atoms with van der Waals surface area (Å²) in [5.41, 5.74) is 4.38. The largest absolute Gasteiger partial charge is 0.486 e. The summed E-state index contributed by atoms with van der Waals surface area (Å²) in [5, 5.41) is 0.793. The van der Waals surface area contributed by atoms with Crippen LogP contribution in [-0.2, 0) is 17.8 Å². The van der Waals surface area contributed by atoms with Crippen molar-refractivity contribution in [3.8, 4) is 22.8 Å². The van der Waals surface area contributed by atoms with E-state index < -0.39 is 0 Å². The highest BCUT2D eigenvalue weighted by Gasteiger charge is 2.25. The number of likely N-dealkylation sites (N-methyl/N-ethyl adjacent to an activating group) is 1. The molecule has 7 nitrogen and oxygen atoms in total. The van der Waals surface area contributed by atoms with Crippen LogP contribution in [0.5, 0.6) is 11.5 Å². The van der Waals surface area contributed by atoms with Gasteiger partial charge in [-0.25, -0.2) is 4.98 Å². The number of ketones is 1. The Morgan fingerprint density at radius 3 is 2.75 bits per heavy atom. The average Bonchev–Trinajstić information content (AvgIpc) is 3.36. The highest BCUT2D eigenvalue weighted by molar-refractivity contribution is 7.99. The van der Waals surface area contributed by atoms with Crippen LogP contribution in [0, 0.1) is 0 Å². The minimum absolute atomic E-state index is 0.0198. The Labute approximate surface area is 190 Å². The van der Waals surface area contributed by atoms with E-state index in [1.54, 1.807) is 18.0 Å². The van der Waals surface area contributed by atoms with Crippen LogP contribution in [0.3, 0.4) is 0 Å². The second kappa shape index (κ2) is 8.35. The quantitative estimate of drug-likeness (QED) is 0.421. The molecule has 0 aliphatic carbocycles. The third-order valence-electron chi connectivity index (χ3n) is 5.78. The highest BCUT2D eigenvalue weighted by atomic mass is 32.2. The molecule has 2 aromatic carbocycles. The van der Waals surface area contributed by atoms with Crippen LogP contribution in [-0.4, -0.2) is 47.3 Å². The lowest BCUT2D eigenvalue weighted by molar-refractivity contribution is -0.117. The van der Waals surface area contributed by atoms with Gasteiger partial charge in [-0.3, -0.25) is 9.59 Å². The number of hydrogen-bond donors (Lipinski definition) is 0. The van der Waals surface area contributed by atoms with Crippen molar-refractivity contribution in [2.75, 3.05) is 30.9 Å². The van der Waals surface area contributed by atoms with E-state index in [9.17, 15) is 9.59 Å². The molecule has 0 saturated carbocycles. The molecule has 0 radical (unpaired) electrons. The van der Waals surface area contributed by atoms with E-state index in [1.165, 1.54) is 11.8 Å². The van der Waals surface area contributed by atoms with Gasteiger partial charge in [-0.05, 0) is 48.9 Å². The molecule has 2 aliphatic heterocycles. The van der Waals surface area contributed by atoms with Gasteiger partial charge in [-0.15, -0.1) is 0 Å². The first-order chi connectivity index (χ1) is 15.5. The van der Waals surface area contributed by atoms with Crippen molar-refractivity contribution in [2.24, 2.45) is 0 Å². The Morgan fingerprint density at radius 2 is 1.94 bits per heavy atom. The third-order valence-corrected chi connectivity index (χ3v) is 6.77. The topological polar surface area (TPSA) is 73.7 Å². The molecule has 2 aliphatic rings. The lowest BCUT2D eigenvalue weighted by atomic mass is 10.1. The fourth-order valence-electron chi connectivity index (χ4n) is 4.07. The van der Waals surface area contributed by atoms with Crippen LogP contribution in [0.1, 0.15) is 22.8 Å². The number of Topliss-reactive ketones (excluding diaryl/α,β-unsaturated/α-hetero) is 1. The van der Waals surface area contributed by atoms with Crippen molar-refractivity contribution < 1.29 is 19.1 Å². The van der Waals surface area contributed by atoms with Crippen molar-refractivity contribution in [2.45, 2.75) is 25.0 Å². The summed E-state index contributed by atoms with van der Waals surface area (Å²) in [6, 6.07) is 11.4. The molecule has 5 rings (SSSR count). The van der Waals surface area contributed by atoms with Crippen molar-refractivity contribution in [3.63, 3.8) is 0 Å². The second-order valence-electron chi connectivity index (χ2n) is 7.71. The van der Waals surface area contributed by atoms with Gasteiger partial charge in [0, 0.05) is 30.4 Å². The Balaban J connectivity index is 1.33. The van der Waals surface area contributed by atoms with Gasteiger partial charge in [0.15, 0.2) is 22.4 Å². The number of nitrogens with zero attached hydrogens (tertiary/aromatic N) is 3. The Kier molecular flexibility index (Phi) is 5.38. The van der Waals surface area contributed by atoms with Crippen molar-refractivity contribution >= 4 is 29.1 Å². The Bertz CT molecular complexity index is 1220. The summed E-state index contributed by atoms with van der Waals surface area (Å²) in [6.45, 7) is 3.89. The van der Waals surface area contributed by atoms with E-state index in [1.807, 2.05) is 36.5 Å². The smallest absolute Gasteiger partial charge is 0.231 e. The maximum atomic E-state index is 12.8. The molecule has 0 bridgehead atoms. The lowest BCUT2D eigenvalue weighted by Crippen LogP contribution is -2.20. The van der Waals surface area contributed by atoms with Gasteiger partial charge in [-0.2, -0.15) is 0 Å². The van der Waals surface area contributed by atoms with Gasteiger partial charge in [-0.1, -0.05) is 11.8 Å². The molecule has 32 heavy (non-hydrogen) atoms. The summed E-state index contributed by atoms with van der Waals surface area (Å²) < 4.78 is 13.4. The van der Waals surface area contributed by atoms with E-state index in [4.69, 9.17) is 9.47 Å². The molecule has 0 unspecified atom stereocenters. The number of thioether (sulfide) groups is 1. The molecule has 0 fully saturated rings. The van der Waals surface area contributed by atoms with Gasteiger partial charge in [0.25, 0.3) is 0 Å². The lowest BCUT2D eigenvalue weighted by Gasteiger charge is -2.19. The molecule has 1 aromatic heterocycles. The fourth-order valence-corrected chi connectivity index (χ4v) is 5.01. The van der Waals surface area contributed by atoms with Gasteiger partial charge < -0.3 is 18.9 Å². The number of rotatable bonds is 6. The second-order valence-corrected chi connectivity index (χ2v) is 8.66. The van der Waals surface area contributed by atoms with Crippen LogP contribution in [0.2, 0.25) is 0 Å². The molecule has 0 N–H and O–H groups in total. The zero-order valence-electron chi connectivity index (χ0n) is 18.0. The molecular formula is C24H23N3O4S. The Hall–Kier alpha value is -3.26. The predicted octanol–water partition coefficient (Wildman–Crippen LogP) is 3.84. The standard InChI is InChI=1S/C24H23N3O4S/c1-3-27-19(15-5-7-21-22(11-15)31-9-8-30-21)13-25-24(27)32-14-20(28)16-4-6-18-17(10-16)12-23(29)26(18)2/h4-7,10-11,13H,3,8-9,12,14H2,1-2H3. The van der Waals surface area contributed by atoms with E-state index in [0.717, 1.165) is 45.7 Å². The molecule has 8 heteroatoms. The number of imidazole rings is 1. The number of fused-ring (bicyclic) bond motifs is 2. The molecule has 0 atom stereocenters. The molecular weight excluding hydrogens is 426 g/mol. The molecule has 1 amide bonds. The van der Waals surface area contributed by atoms with Crippen LogP contribution < -0.4 is 14.4 Å². The van der Waals surface area contributed by atoms with E-state index in [0.29, 0.717) is 25.2 Å². The highest BCUT2D eigenvalue weighted by Crippen LogP contribution is 2.36. The maximum Gasteiger partial charge on any atom is 0.231 e. The van der Waals surface area contributed by atoms with E-state index in [-0.39, 0.29) is 17.4 Å². The normalized spacial score (nSPS) is 14.6. The average molecular weight is 450 g/mol. The first-order valence-corrected chi connectivity index (χ1v) is 11.5. The summed E-state index contributed by atoms with van der Waals surface area (Å²) in [4.78, 5) is 30.9. The maximum absolute atomic E-state index is 12.8. The van der Waals surface area contributed by atoms with Gasteiger partial charge >= 0.3 is 0 Å². The summed E-state index contributed by atoms with van der Waals surface area (Å²) >= 11 is 1.42. The van der Waals surface area contributed by atoms with Crippen molar-refractivity contribution in [1.82, 2.24) is 9.55 Å². The first kappa shape index (κ1) is 20.6. The third kappa shape index (κ3) is 3.64. The number of carbonyl (C=O) groups excluding carboxylic acids is 2. The number of carbonyl (C=O) groups is 2. The molecule has 0 spiro atoms. The minimum atomic E-state index is 0.0198. The zero-order chi connectivity index (χ0) is 22.2. The van der Waals surface area contributed by atoms with Gasteiger partial charge in [0.2, 0.25) is 5.91 Å². The fraction of sp³-hybridized carbons (Fsp3) is 0.292. The first-order valence-electron chi connectivity index (χ1n) is 10.6. The molecule has 0 saturated heterocycles. The number of ether oxygens (including phenoxy) is 2. The zero-order valence-corrected chi connectivity index (χ0v) is 18.8. The van der Waals surface area contributed by atoms with Crippen molar-refractivity contribution in [1.29, 1.82) is 0 Å². The summed E-state index contributed by atoms with van der Waals surface area (Å²) in [5.74, 6) is 1.84. The van der Waals surface area contributed by atoms with Crippen LogP contribution in [0.25, 0.3) is 11.3 Å². The SMILES string of the molecule is CCn1c(-c2ccc3c(c2)OCCO3)cnc1SCC(=O)c1ccc2c(c1)CC(=O)N2C. The van der Waals surface area contributed by atoms with E-state index in [2.05, 4.69) is 16.5 Å². The number of anilines is 1. The number of hydrogen-bond acceptors (Lipinski definition) is 6. The summed E-state index contributed by atoms with van der Waals surface area (Å²) in [6.07, 6.45) is 2.18. The van der Waals surface area contributed by atoms with Gasteiger partial charge in [0.05, 0.1) is 24.1 Å². The molecule has 164 valence electrons. The molecule has 3 heterocycles. The minimum Gasteiger partial charge on any atom is -0.486 e. The molecule has 3 aromatic rings. The van der Waals surface area contributed by atoms with Crippen molar-refractivity contribution in [3.05, 3.63) is 53.7 Å².